The normalized spacial score (nSPS) is 10.4. The molecule has 0 saturated heterocycles. The second-order valence-corrected chi connectivity index (χ2v) is 5.16. The topological polar surface area (TPSA) is 82.5 Å². The second-order valence-electron chi connectivity index (χ2n) is 3.96. The van der Waals surface area contributed by atoms with Gasteiger partial charge >= 0.3 is 0 Å². The molecule has 100 valence electrons. The number of hydrogen-bond acceptors (Lipinski definition) is 5. The number of amides is 1. The van der Waals surface area contributed by atoms with Crippen molar-refractivity contribution in [1.82, 2.24) is 10.3 Å². The van der Waals surface area contributed by atoms with Crippen LogP contribution in [0.4, 0.5) is 0 Å². The Bertz CT molecular complexity index is 595. The third-order valence-corrected chi connectivity index (χ3v) is 3.72. The number of aromatic nitrogens is 1. The van der Waals surface area contributed by atoms with Crippen molar-refractivity contribution in [3.05, 3.63) is 39.8 Å². The molecule has 0 unspecified atom stereocenters. The van der Waals surface area contributed by atoms with Gasteiger partial charge in [0.05, 0.1) is 12.1 Å². The number of rotatable bonds is 4. The van der Waals surface area contributed by atoms with E-state index < -0.39 is 5.91 Å². The summed E-state index contributed by atoms with van der Waals surface area (Å²) in [4.78, 5) is 17.2. The predicted octanol–water partition coefficient (Wildman–Crippen LogP) is 2.05. The highest BCUT2D eigenvalue weighted by atomic mass is 32.1. The van der Waals surface area contributed by atoms with E-state index >= 15 is 0 Å². The summed E-state index contributed by atoms with van der Waals surface area (Å²) in [6.45, 7) is 2.35. The van der Waals surface area contributed by atoms with E-state index in [-0.39, 0.29) is 17.1 Å². The fourth-order valence-electron chi connectivity index (χ4n) is 1.55. The summed E-state index contributed by atoms with van der Waals surface area (Å²) in [5.41, 5.74) is 0.0484. The Labute approximate surface area is 114 Å². The summed E-state index contributed by atoms with van der Waals surface area (Å²) < 4.78 is 0. The average molecular weight is 278 g/mol. The molecule has 2 aromatic rings. The molecule has 1 aromatic carbocycles. The van der Waals surface area contributed by atoms with E-state index in [0.29, 0.717) is 6.54 Å². The van der Waals surface area contributed by atoms with E-state index in [1.165, 1.54) is 29.5 Å². The van der Waals surface area contributed by atoms with Crippen LogP contribution in [0.2, 0.25) is 0 Å². The van der Waals surface area contributed by atoms with Crippen molar-refractivity contribution in [1.29, 1.82) is 0 Å². The van der Waals surface area contributed by atoms with Crippen LogP contribution in [-0.4, -0.2) is 21.1 Å². The largest absolute Gasteiger partial charge is 0.508 e. The maximum Gasteiger partial charge on any atom is 0.255 e. The molecule has 19 heavy (non-hydrogen) atoms. The molecular weight excluding hydrogens is 264 g/mol. The highest BCUT2D eigenvalue weighted by Gasteiger charge is 2.12. The van der Waals surface area contributed by atoms with Crippen LogP contribution in [-0.2, 0) is 13.0 Å². The number of aryl methyl sites for hydroxylation is 1. The molecular formula is C13H14N2O3S. The average Bonchev–Trinajstić information content (AvgIpc) is 2.87. The monoisotopic (exact) mass is 278 g/mol. The number of thiazole rings is 1. The van der Waals surface area contributed by atoms with Crippen LogP contribution in [0.1, 0.15) is 27.2 Å². The molecule has 0 saturated carbocycles. The van der Waals surface area contributed by atoms with Crippen molar-refractivity contribution in [2.24, 2.45) is 0 Å². The number of benzene rings is 1. The number of aromatic hydroxyl groups is 2. The highest BCUT2D eigenvalue weighted by molar-refractivity contribution is 7.11. The van der Waals surface area contributed by atoms with Crippen LogP contribution in [0.15, 0.2) is 24.4 Å². The van der Waals surface area contributed by atoms with Crippen LogP contribution < -0.4 is 5.32 Å². The van der Waals surface area contributed by atoms with Gasteiger partial charge in [-0.15, -0.1) is 11.3 Å². The lowest BCUT2D eigenvalue weighted by atomic mass is 10.2. The van der Waals surface area contributed by atoms with E-state index in [4.69, 9.17) is 0 Å². The van der Waals surface area contributed by atoms with Crippen molar-refractivity contribution in [2.75, 3.05) is 0 Å². The zero-order valence-electron chi connectivity index (χ0n) is 10.4. The fraction of sp³-hybridized carbons (Fsp3) is 0.231. The number of phenolic OH excluding ortho intramolecular Hbond substituents is 2. The number of hydrogen-bond donors (Lipinski definition) is 3. The van der Waals surface area contributed by atoms with Crippen molar-refractivity contribution < 1.29 is 15.0 Å². The van der Waals surface area contributed by atoms with Crippen LogP contribution in [0.3, 0.4) is 0 Å². The summed E-state index contributed by atoms with van der Waals surface area (Å²) >= 11 is 1.54. The van der Waals surface area contributed by atoms with Gasteiger partial charge in [0.1, 0.15) is 16.5 Å². The number of phenols is 2. The van der Waals surface area contributed by atoms with Crippen LogP contribution >= 0.6 is 11.3 Å². The third kappa shape index (κ3) is 3.23. The second kappa shape index (κ2) is 5.71. The Hall–Kier alpha value is -2.08. The van der Waals surface area contributed by atoms with Crippen LogP contribution in [0, 0.1) is 0 Å². The molecule has 0 radical (unpaired) electrons. The summed E-state index contributed by atoms with van der Waals surface area (Å²) in [5.74, 6) is -0.671. The van der Waals surface area contributed by atoms with E-state index in [1.807, 2.05) is 6.92 Å². The number of nitrogens with zero attached hydrogens (tertiary/aromatic N) is 1. The van der Waals surface area contributed by atoms with Gasteiger partial charge in [-0.25, -0.2) is 4.98 Å². The summed E-state index contributed by atoms with van der Waals surface area (Å²) in [5, 5.41) is 22.3. The van der Waals surface area contributed by atoms with Crippen molar-refractivity contribution in [2.45, 2.75) is 19.9 Å². The SMILES string of the molecule is CCc1cnc(CNC(=O)c2cc(O)ccc2O)s1. The number of carbonyl (C=O) groups excluding carboxylic acids is 1. The lowest BCUT2D eigenvalue weighted by molar-refractivity contribution is 0.0948. The number of carbonyl (C=O) groups is 1. The Kier molecular flexibility index (Phi) is 4.01. The van der Waals surface area contributed by atoms with E-state index in [2.05, 4.69) is 10.3 Å². The van der Waals surface area contributed by atoms with Crippen molar-refractivity contribution >= 4 is 17.2 Å². The summed E-state index contributed by atoms with van der Waals surface area (Å²) in [7, 11) is 0. The zero-order valence-corrected chi connectivity index (χ0v) is 11.2. The van der Waals surface area contributed by atoms with E-state index in [1.54, 1.807) is 6.20 Å². The molecule has 0 aliphatic rings. The van der Waals surface area contributed by atoms with E-state index in [9.17, 15) is 15.0 Å². The van der Waals surface area contributed by atoms with Gasteiger partial charge in [0.15, 0.2) is 0 Å². The van der Waals surface area contributed by atoms with Crippen LogP contribution in [0.5, 0.6) is 11.5 Å². The smallest absolute Gasteiger partial charge is 0.255 e. The third-order valence-electron chi connectivity index (χ3n) is 2.57. The lowest BCUT2D eigenvalue weighted by Crippen LogP contribution is -2.22. The van der Waals surface area contributed by atoms with Gasteiger partial charge < -0.3 is 15.5 Å². The van der Waals surface area contributed by atoms with Crippen molar-refractivity contribution in [3.63, 3.8) is 0 Å². The van der Waals surface area contributed by atoms with Gasteiger partial charge in [0.25, 0.3) is 5.91 Å². The first kappa shape index (κ1) is 13.4. The predicted molar refractivity (Wildman–Crippen MR) is 72.4 cm³/mol. The van der Waals surface area contributed by atoms with Gasteiger partial charge in [0.2, 0.25) is 0 Å². The highest BCUT2D eigenvalue weighted by Crippen LogP contribution is 2.22. The summed E-state index contributed by atoms with van der Waals surface area (Å²) in [6, 6.07) is 3.83. The molecule has 0 aliphatic heterocycles. The van der Waals surface area contributed by atoms with Gasteiger partial charge in [-0.2, -0.15) is 0 Å². The molecule has 0 bridgehead atoms. The lowest BCUT2D eigenvalue weighted by Gasteiger charge is -2.05. The van der Waals surface area contributed by atoms with Gasteiger partial charge in [0, 0.05) is 11.1 Å². The van der Waals surface area contributed by atoms with Crippen LogP contribution in [0.25, 0.3) is 0 Å². The Morgan fingerprint density at radius 2 is 2.21 bits per heavy atom. The van der Waals surface area contributed by atoms with E-state index in [0.717, 1.165) is 16.3 Å². The maximum atomic E-state index is 11.9. The molecule has 0 atom stereocenters. The fourth-order valence-corrected chi connectivity index (χ4v) is 2.35. The molecule has 3 N–H and O–H groups in total. The molecule has 0 spiro atoms. The minimum absolute atomic E-state index is 0.0484. The Morgan fingerprint density at radius 3 is 2.89 bits per heavy atom. The molecule has 5 nitrogen and oxygen atoms in total. The Morgan fingerprint density at radius 1 is 1.42 bits per heavy atom. The van der Waals surface area contributed by atoms with Gasteiger partial charge in [-0.3, -0.25) is 4.79 Å². The molecule has 1 heterocycles. The first-order chi connectivity index (χ1) is 9.10. The number of nitrogens with one attached hydrogen (secondary N) is 1. The molecule has 6 heteroatoms. The standard InChI is InChI=1S/C13H14N2O3S/c1-2-9-6-14-12(19-9)7-15-13(18)10-5-8(16)3-4-11(10)17/h3-6,16-17H,2,7H2,1H3,(H,15,18). The molecule has 1 aromatic heterocycles. The van der Waals surface area contributed by atoms with Crippen molar-refractivity contribution in [3.8, 4) is 11.5 Å². The molecule has 0 fully saturated rings. The molecule has 2 rings (SSSR count). The molecule has 1 amide bonds. The summed E-state index contributed by atoms with van der Waals surface area (Å²) in [6.07, 6.45) is 2.71. The van der Waals surface area contributed by atoms with Gasteiger partial charge in [-0.1, -0.05) is 6.92 Å². The first-order valence-corrected chi connectivity index (χ1v) is 6.65. The first-order valence-electron chi connectivity index (χ1n) is 5.84. The zero-order chi connectivity index (χ0) is 13.8. The van der Waals surface area contributed by atoms with Gasteiger partial charge in [-0.05, 0) is 24.6 Å². The minimum atomic E-state index is -0.443. The molecule has 0 aliphatic carbocycles. The quantitative estimate of drug-likeness (QED) is 0.747. The minimum Gasteiger partial charge on any atom is -0.508 e. The Balaban J connectivity index is 2.03. The maximum absolute atomic E-state index is 11.9.